The molecule has 0 spiro atoms. The molecule has 5 heteroatoms. The Labute approximate surface area is 145 Å². The monoisotopic (exact) mass is 331 g/mol. The number of rotatable bonds is 3. The molecule has 0 aromatic heterocycles. The zero-order valence-corrected chi connectivity index (χ0v) is 14.7. The molecule has 2 aliphatic rings. The van der Waals surface area contributed by atoms with Crippen LogP contribution in [0.3, 0.4) is 0 Å². The first-order valence-corrected chi connectivity index (χ1v) is 9.21. The van der Waals surface area contributed by atoms with E-state index in [1.165, 1.54) is 25.7 Å². The van der Waals surface area contributed by atoms with Crippen LogP contribution >= 0.6 is 0 Å². The lowest BCUT2D eigenvalue weighted by atomic mass is 10.1. The summed E-state index contributed by atoms with van der Waals surface area (Å²) in [6.07, 6.45) is 7.38. The summed E-state index contributed by atoms with van der Waals surface area (Å²) in [6, 6.07) is 8.62. The molecular formula is C19H29N3O2. The molecule has 1 saturated heterocycles. The standard InChI is InChI=1S/C19H29N3O2/c1-24-18-10-6-9-17(15-18)21-11-13-22(14-12-21)19(23)20-16-7-4-2-3-5-8-16/h6,9-10,15-16H,2-5,7-8,11-14H2,1H3,(H,20,23). The number of hydrogen-bond acceptors (Lipinski definition) is 3. The number of anilines is 1. The lowest BCUT2D eigenvalue weighted by Crippen LogP contribution is -2.53. The van der Waals surface area contributed by atoms with Gasteiger partial charge in [0.2, 0.25) is 0 Å². The zero-order chi connectivity index (χ0) is 16.8. The molecule has 1 aliphatic heterocycles. The highest BCUT2D eigenvalue weighted by molar-refractivity contribution is 5.75. The van der Waals surface area contributed by atoms with Gasteiger partial charge in [-0.25, -0.2) is 4.79 Å². The summed E-state index contributed by atoms with van der Waals surface area (Å²) in [5, 5.41) is 3.25. The van der Waals surface area contributed by atoms with Crippen molar-refractivity contribution in [3.8, 4) is 5.75 Å². The van der Waals surface area contributed by atoms with E-state index in [4.69, 9.17) is 4.74 Å². The minimum Gasteiger partial charge on any atom is -0.497 e. The van der Waals surface area contributed by atoms with Gasteiger partial charge in [-0.2, -0.15) is 0 Å². The second kappa shape index (κ2) is 8.27. The van der Waals surface area contributed by atoms with E-state index in [1.54, 1.807) is 7.11 Å². The Balaban J connectivity index is 1.49. The third-order valence-electron chi connectivity index (χ3n) is 5.17. The number of nitrogens with zero attached hydrogens (tertiary/aromatic N) is 2. The smallest absolute Gasteiger partial charge is 0.317 e. The highest BCUT2D eigenvalue weighted by Crippen LogP contribution is 2.22. The van der Waals surface area contributed by atoms with Gasteiger partial charge in [0, 0.05) is 44.0 Å². The second-order valence-corrected chi connectivity index (χ2v) is 6.81. The number of hydrogen-bond donors (Lipinski definition) is 1. The maximum absolute atomic E-state index is 12.5. The van der Waals surface area contributed by atoms with Crippen LogP contribution in [0.15, 0.2) is 24.3 Å². The van der Waals surface area contributed by atoms with Gasteiger partial charge in [-0.1, -0.05) is 31.7 Å². The average Bonchev–Trinajstić information content (AvgIpc) is 2.90. The molecule has 1 N–H and O–H groups in total. The number of nitrogens with one attached hydrogen (secondary N) is 1. The van der Waals surface area contributed by atoms with Crippen molar-refractivity contribution < 1.29 is 9.53 Å². The molecule has 0 atom stereocenters. The minimum absolute atomic E-state index is 0.118. The Hall–Kier alpha value is -1.91. The summed E-state index contributed by atoms with van der Waals surface area (Å²) < 4.78 is 5.30. The van der Waals surface area contributed by atoms with Crippen LogP contribution in [-0.2, 0) is 0 Å². The van der Waals surface area contributed by atoms with Gasteiger partial charge in [-0.15, -0.1) is 0 Å². The summed E-state index contributed by atoms with van der Waals surface area (Å²) in [5.74, 6) is 0.876. The molecule has 1 aromatic rings. The largest absolute Gasteiger partial charge is 0.497 e. The predicted octanol–water partition coefficient (Wildman–Crippen LogP) is 3.25. The molecule has 132 valence electrons. The van der Waals surface area contributed by atoms with Crippen LogP contribution in [0.4, 0.5) is 10.5 Å². The van der Waals surface area contributed by atoms with Crippen molar-refractivity contribution in [3.63, 3.8) is 0 Å². The lowest BCUT2D eigenvalue weighted by molar-refractivity contribution is 0.189. The van der Waals surface area contributed by atoms with E-state index in [9.17, 15) is 4.79 Å². The molecule has 0 bridgehead atoms. The Bertz CT molecular complexity index is 533. The minimum atomic E-state index is 0.118. The fourth-order valence-electron chi connectivity index (χ4n) is 3.66. The van der Waals surface area contributed by atoms with Crippen molar-refractivity contribution >= 4 is 11.7 Å². The highest BCUT2D eigenvalue weighted by atomic mass is 16.5. The molecule has 3 rings (SSSR count). The Kier molecular flexibility index (Phi) is 5.83. The summed E-state index contributed by atoms with van der Waals surface area (Å²) in [6.45, 7) is 3.28. The van der Waals surface area contributed by atoms with Crippen molar-refractivity contribution in [1.29, 1.82) is 0 Å². The molecular weight excluding hydrogens is 302 g/mol. The highest BCUT2D eigenvalue weighted by Gasteiger charge is 2.23. The normalized spacial score (nSPS) is 19.7. The first-order chi connectivity index (χ1) is 11.8. The Morgan fingerprint density at radius 2 is 1.79 bits per heavy atom. The first kappa shape index (κ1) is 16.9. The molecule has 1 aromatic carbocycles. The van der Waals surface area contributed by atoms with Gasteiger partial charge in [-0.3, -0.25) is 0 Å². The fraction of sp³-hybridized carbons (Fsp3) is 0.632. The second-order valence-electron chi connectivity index (χ2n) is 6.81. The fourth-order valence-corrected chi connectivity index (χ4v) is 3.66. The van der Waals surface area contributed by atoms with Gasteiger partial charge in [0.25, 0.3) is 0 Å². The van der Waals surface area contributed by atoms with Crippen LogP contribution < -0.4 is 15.0 Å². The topological polar surface area (TPSA) is 44.8 Å². The molecule has 2 fully saturated rings. The molecule has 24 heavy (non-hydrogen) atoms. The van der Waals surface area contributed by atoms with E-state index in [2.05, 4.69) is 22.3 Å². The van der Waals surface area contributed by atoms with Crippen molar-refractivity contribution in [2.45, 2.75) is 44.6 Å². The van der Waals surface area contributed by atoms with E-state index in [0.29, 0.717) is 6.04 Å². The number of carbonyl (C=O) groups is 1. The SMILES string of the molecule is COc1cccc(N2CCN(C(=O)NC3CCCCCC3)CC2)c1. The van der Waals surface area contributed by atoms with Crippen LogP contribution in [-0.4, -0.2) is 50.3 Å². The number of benzene rings is 1. The molecule has 1 heterocycles. The van der Waals surface area contributed by atoms with Crippen LogP contribution in [0.5, 0.6) is 5.75 Å². The summed E-state index contributed by atoms with van der Waals surface area (Å²) >= 11 is 0. The zero-order valence-electron chi connectivity index (χ0n) is 14.7. The van der Waals surface area contributed by atoms with Crippen molar-refractivity contribution in [1.82, 2.24) is 10.2 Å². The Morgan fingerprint density at radius 1 is 1.08 bits per heavy atom. The molecule has 2 amide bonds. The quantitative estimate of drug-likeness (QED) is 0.865. The maximum atomic E-state index is 12.5. The van der Waals surface area contributed by atoms with E-state index in [-0.39, 0.29) is 6.03 Å². The predicted molar refractivity (Wildman–Crippen MR) is 96.8 cm³/mol. The van der Waals surface area contributed by atoms with Gasteiger partial charge in [0.15, 0.2) is 0 Å². The number of amides is 2. The maximum Gasteiger partial charge on any atom is 0.317 e. The van der Waals surface area contributed by atoms with E-state index in [0.717, 1.165) is 50.5 Å². The van der Waals surface area contributed by atoms with Gasteiger partial charge in [0.05, 0.1) is 7.11 Å². The molecule has 0 unspecified atom stereocenters. The van der Waals surface area contributed by atoms with Crippen molar-refractivity contribution in [2.24, 2.45) is 0 Å². The van der Waals surface area contributed by atoms with Gasteiger partial charge < -0.3 is 19.9 Å². The van der Waals surface area contributed by atoms with Crippen LogP contribution in [0.25, 0.3) is 0 Å². The number of piperazine rings is 1. The van der Waals surface area contributed by atoms with E-state index >= 15 is 0 Å². The van der Waals surface area contributed by atoms with E-state index in [1.807, 2.05) is 17.0 Å². The van der Waals surface area contributed by atoms with Crippen molar-refractivity contribution in [2.75, 3.05) is 38.2 Å². The molecule has 5 nitrogen and oxygen atoms in total. The van der Waals surface area contributed by atoms with Gasteiger partial charge in [-0.05, 0) is 25.0 Å². The van der Waals surface area contributed by atoms with Crippen LogP contribution in [0.2, 0.25) is 0 Å². The van der Waals surface area contributed by atoms with Crippen LogP contribution in [0, 0.1) is 0 Å². The third-order valence-corrected chi connectivity index (χ3v) is 5.17. The van der Waals surface area contributed by atoms with Gasteiger partial charge >= 0.3 is 6.03 Å². The molecule has 1 saturated carbocycles. The molecule has 0 radical (unpaired) electrons. The molecule has 1 aliphatic carbocycles. The van der Waals surface area contributed by atoms with Gasteiger partial charge in [0.1, 0.15) is 5.75 Å². The number of methoxy groups -OCH3 is 1. The van der Waals surface area contributed by atoms with E-state index < -0.39 is 0 Å². The lowest BCUT2D eigenvalue weighted by Gasteiger charge is -2.36. The van der Waals surface area contributed by atoms with Crippen LogP contribution in [0.1, 0.15) is 38.5 Å². The number of ether oxygens (including phenoxy) is 1. The number of urea groups is 1. The Morgan fingerprint density at radius 3 is 2.46 bits per heavy atom. The number of carbonyl (C=O) groups excluding carboxylic acids is 1. The first-order valence-electron chi connectivity index (χ1n) is 9.21. The van der Waals surface area contributed by atoms with Crippen molar-refractivity contribution in [3.05, 3.63) is 24.3 Å². The summed E-state index contributed by atoms with van der Waals surface area (Å²) in [4.78, 5) is 16.8. The third kappa shape index (κ3) is 4.34. The summed E-state index contributed by atoms with van der Waals surface area (Å²) in [7, 11) is 1.69. The summed E-state index contributed by atoms with van der Waals surface area (Å²) in [5.41, 5.74) is 1.16. The average molecular weight is 331 g/mol.